The second-order valence-corrected chi connectivity index (χ2v) is 11.6. The van der Waals surface area contributed by atoms with E-state index in [1.807, 2.05) is 30.3 Å². The maximum absolute atomic E-state index is 12.7. The first-order valence-corrected chi connectivity index (χ1v) is 15.1. The van der Waals surface area contributed by atoms with Gasteiger partial charge in [-0.1, -0.05) is 30.3 Å². The summed E-state index contributed by atoms with van der Waals surface area (Å²) in [5, 5.41) is 11.8. The lowest BCUT2D eigenvalue weighted by Crippen LogP contribution is -2.42. The summed E-state index contributed by atoms with van der Waals surface area (Å²) in [6.07, 6.45) is 1.22. The molecule has 1 saturated heterocycles. The minimum absolute atomic E-state index is 0.0408. The Bertz CT molecular complexity index is 1630. The smallest absolute Gasteiger partial charge is 0.232 e. The summed E-state index contributed by atoms with van der Waals surface area (Å²) < 4.78 is 43.1. The number of anilines is 1. The Balaban J connectivity index is 1.53. The number of methoxy groups -OCH3 is 2. The summed E-state index contributed by atoms with van der Waals surface area (Å²) in [6, 6.07) is 20.2. The Labute approximate surface area is 239 Å². The van der Waals surface area contributed by atoms with Crippen LogP contribution in [0.1, 0.15) is 11.1 Å². The van der Waals surface area contributed by atoms with Gasteiger partial charge in [-0.3, -0.25) is 9.21 Å². The third-order valence-corrected chi connectivity index (χ3v) is 8.26. The second kappa shape index (κ2) is 12.2. The highest BCUT2D eigenvalue weighted by Gasteiger charge is 2.22. The van der Waals surface area contributed by atoms with E-state index in [4.69, 9.17) is 19.2 Å². The molecular formula is C30H34N4O6S. The first kappa shape index (κ1) is 28.5. The Morgan fingerprint density at radius 1 is 1.02 bits per heavy atom. The topological polar surface area (TPSA) is 117 Å². The molecule has 0 saturated carbocycles. The number of aliphatic imine (C=N–C) groups is 1. The standard InChI is InChI=1S/C30H34N4O6S/c1-38-26-19-24-25(20-27(26)39-2)32-30(35)28(24)29(21-7-5-4-6-8-21)31-22-9-11-23(12-10-22)34(41(3,36)37)14-13-33-15-17-40-18-16-33/h4-12,19-20,32,35H,13-18H2,1-3H3. The molecule has 3 aromatic carbocycles. The van der Waals surface area contributed by atoms with Gasteiger partial charge in [0.2, 0.25) is 10.0 Å². The lowest BCUT2D eigenvalue weighted by atomic mass is 10.0. The number of aromatic hydroxyl groups is 1. The van der Waals surface area contributed by atoms with Gasteiger partial charge in [-0.15, -0.1) is 0 Å². The molecule has 0 amide bonds. The van der Waals surface area contributed by atoms with Crippen molar-refractivity contribution >= 4 is 38.0 Å². The Morgan fingerprint density at radius 3 is 2.32 bits per heavy atom. The molecule has 1 aromatic heterocycles. The number of aromatic nitrogens is 1. The van der Waals surface area contributed by atoms with E-state index in [0.717, 1.165) is 18.7 Å². The second-order valence-electron chi connectivity index (χ2n) is 9.73. The number of rotatable bonds is 10. The molecule has 0 spiro atoms. The molecular weight excluding hydrogens is 544 g/mol. The van der Waals surface area contributed by atoms with E-state index >= 15 is 0 Å². The third kappa shape index (κ3) is 6.32. The number of ether oxygens (including phenoxy) is 3. The molecule has 0 radical (unpaired) electrons. The van der Waals surface area contributed by atoms with E-state index in [9.17, 15) is 13.5 Å². The summed E-state index contributed by atoms with van der Waals surface area (Å²) in [4.78, 5) is 10.2. The number of nitrogens with one attached hydrogen (secondary N) is 1. The molecule has 10 nitrogen and oxygen atoms in total. The fourth-order valence-corrected chi connectivity index (χ4v) is 5.89. The van der Waals surface area contributed by atoms with Crippen molar-refractivity contribution in [2.45, 2.75) is 0 Å². The van der Waals surface area contributed by atoms with Crippen LogP contribution in [0, 0.1) is 0 Å². The van der Waals surface area contributed by atoms with Gasteiger partial charge in [0.25, 0.3) is 0 Å². The van der Waals surface area contributed by atoms with E-state index in [0.29, 0.717) is 71.4 Å². The minimum atomic E-state index is -3.50. The van der Waals surface area contributed by atoms with Crippen LogP contribution in [0.2, 0.25) is 0 Å². The van der Waals surface area contributed by atoms with Crippen LogP contribution >= 0.6 is 0 Å². The number of aromatic amines is 1. The number of fused-ring (bicyclic) bond motifs is 1. The molecule has 41 heavy (non-hydrogen) atoms. The highest BCUT2D eigenvalue weighted by molar-refractivity contribution is 7.92. The van der Waals surface area contributed by atoms with Crippen LogP contribution in [0.25, 0.3) is 10.9 Å². The van der Waals surface area contributed by atoms with Crippen molar-refractivity contribution in [3.8, 4) is 17.4 Å². The van der Waals surface area contributed by atoms with Crippen LogP contribution in [0.4, 0.5) is 11.4 Å². The third-order valence-electron chi connectivity index (χ3n) is 7.07. The Kier molecular flexibility index (Phi) is 8.48. The predicted octanol–water partition coefficient (Wildman–Crippen LogP) is 4.16. The summed E-state index contributed by atoms with van der Waals surface area (Å²) in [7, 11) is -0.378. The molecule has 2 N–H and O–H groups in total. The van der Waals surface area contributed by atoms with E-state index in [1.165, 1.54) is 10.6 Å². The van der Waals surface area contributed by atoms with Crippen LogP contribution in [-0.2, 0) is 14.8 Å². The summed E-state index contributed by atoms with van der Waals surface area (Å²) in [5.74, 6) is 1.02. The zero-order valence-corrected chi connectivity index (χ0v) is 24.1. The lowest BCUT2D eigenvalue weighted by Gasteiger charge is -2.30. The van der Waals surface area contributed by atoms with Crippen molar-refractivity contribution in [3.05, 3.63) is 77.9 Å². The number of H-pyrrole nitrogens is 1. The molecule has 0 atom stereocenters. The maximum Gasteiger partial charge on any atom is 0.232 e. The largest absolute Gasteiger partial charge is 0.494 e. The molecule has 0 aliphatic carbocycles. The van der Waals surface area contributed by atoms with Crippen LogP contribution in [0.3, 0.4) is 0 Å². The molecule has 1 aliphatic heterocycles. The molecule has 0 unspecified atom stereocenters. The summed E-state index contributed by atoms with van der Waals surface area (Å²) >= 11 is 0. The normalized spacial score (nSPS) is 14.8. The van der Waals surface area contributed by atoms with Gasteiger partial charge in [-0.2, -0.15) is 0 Å². The first-order valence-electron chi connectivity index (χ1n) is 13.3. The average Bonchev–Trinajstić information content (AvgIpc) is 3.30. The van der Waals surface area contributed by atoms with Gasteiger partial charge in [0.1, 0.15) is 0 Å². The van der Waals surface area contributed by atoms with Gasteiger partial charge >= 0.3 is 0 Å². The van der Waals surface area contributed by atoms with Crippen LogP contribution in [-0.4, -0.2) is 89.0 Å². The molecule has 11 heteroatoms. The van der Waals surface area contributed by atoms with Crippen LogP contribution in [0.15, 0.2) is 71.7 Å². The summed E-state index contributed by atoms with van der Waals surface area (Å²) in [6.45, 7) is 3.83. The van der Waals surface area contributed by atoms with Gasteiger partial charge < -0.3 is 24.3 Å². The van der Waals surface area contributed by atoms with Crippen LogP contribution in [0.5, 0.6) is 17.4 Å². The average molecular weight is 579 g/mol. The van der Waals surface area contributed by atoms with Gasteiger partial charge in [0.15, 0.2) is 17.4 Å². The zero-order valence-electron chi connectivity index (χ0n) is 23.3. The van der Waals surface area contributed by atoms with E-state index < -0.39 is 10.0 Å². The van der Waals surface area contributed by atoms with Crippen LogP contribution < -0.4 is 13.8 Å². The van der Waals surface area contributed by atoms with Crippen molar-refractivity contribution < 1.29 is 27.7 Å². The molecule has 2 heterocycles. The molecule has 216 valence electrons. The minimum Gasteiger partial charge on any atom is -0.494 e. The summed E-state index contributed by atoms with van der Waals surface area (Å²) in [5.41, 5.74) is 3.68. The molecule has 0 bridgehead atoms. The number of hydrogen-bond acceptors (Lipinski definition) is 8. The van der Waals surface area contributed by atoms with Crippen molar-refractivity contribution in [2.75, 3.05) is 64.2 Å². The number of morpholine rings is 1. The number of benzene rings is 3. The molecule has 1 fully saturated rings. The van der Waals surface area contributed by atoms with Gasteiger partial charge in [0, 0.05) is 43.2 Å². The maximum atomic E-state index is 12.7. The van der Waals surface area contributed by atoms with Crippen molar-refractivity contribution in [1.82, 2.24) is 9.88 Å². The SMILES string of the molecule is COc1cc2[nH]c(O)c(C(=Nc3ccc(N(CCN4CCOCC4)S(C)(=O)=O)cc3)c3ccccc3)c2cc1OC. The highest BCUT2D eigenvalue weighted by Crippen LogP contribution is 2.38. The number of hydrogen-bond donors (Lipinski definition) is 2. The van der Waals surface area contributed by atoms with Crippen molar-refractivity contribution in [3.63, 3.8) is 0 Å². The fourth-order valence-electron chi connectivity index (χ4n) is 4.97. The highest BCUT2D eigenvalue weighted by atomic mass is 32.2. The monoisotopic (exact) mass is 578 g/mol. The Hall–Kier alpha value is -4.06. The van der Waals surface area contributed by atoms with Crippen molar-refractivity contribution in [1.29, 1.82) is 0 Å². The molecule has 5 rings (SSSR count). The number of sulfonamides is 1. The number of nitrogens with zero attached hydrogens (tertiary/aromatic N) is 3. The van der Waals surface area contributed by atoms with Crippen molar-refractivity contribution in [2.24, 2.45) is 4.99 Å². The predicted molar refractivity (Wildman–Crippen MR) is 161 cm³/mol. The van der Waals surface area contributed by atoms with E-state index in [2.05, 4.69) is 9.88 Å². The molecule has 4 aromatic rings. The Morgan fingerprint density at radius 2 is 1.68 bits per heavy atom. The lowest BCUT2D eigenvalue weighted by molar-refractivity contribution is 0.0395. The van der Waals surface area contributed by atoms with E-state index in [1.54, 1.807) is 50.6 Å². The van der Waals surface area contributed by atoms with Gasteiger partial charge in [0.05, 0.1) is 61.9 Å². The van der Waals surface area contributed by atoms with Gasteiger partial charge in [-0.25, -0.2) is 13.4 Å². The quantitative estimate of drug-likeness (QED) is 0.272. The van der Waals surface area contributed by atoms with Gasteiger partial charge in [-0.05, 0) is 30.3 Å². The fraction of sp³-hybridized carbons (Fsp3) is 0.300. The molecule has 1 aliphatic rings. The van der Waals surface area contributed by atoms with E-state index in [-0.39, 0.29) is 5.88 Å². The zero-order chi connectivity index (χ0) is 29.0. The first-order chi connectivity index (χ1) is 19.8.